The number of aliphatic hydroxyl groups excluding tert-OH is 2. The number of ether oxygens (including phenoxy) is 1. The van der Waals surface area contributed by atoms with Gasteiger partial charge in [0.05, 0.1) is 12.0 Å². The molecule has 0 aromatic heterocycles. The van der Waals surface area contributed by atoms with Gasteiger partial charge in [-0.2, -0.15) is 0 Å². The summed E-state index contributed by atoms with van der Waals surface area (Å²) in [4.78, 5) is 11.6. The molecule has 0 amide bonds. The molecule has 0 rings (SSSR count). The predicted molar refractivity (Wildman–Crippen MR) is 57.3 cm³/mol. The van der Waals surface area contributed by atoms with Crippen LogP contribution in [0.1, 0.15) is 34.6 Å². The Hall–Kier alpha value is -0.610. The van der Waals surface area contributed by atoms with Crippen LogP contribution < -0.4 is 0 Å². The Morgan fingerprint density at radius 2 is 1.80 bits per heavy atom. The summed E-state index contributed by atoms with van der Waals surface area (Å²) in [5, 5.41) is 18.5. The van der Waals surface area contributed by atoms with Gasteiger partial charge < -0.3 is 14.9 Å². The van der Waals surface area contributed by atoms with Crippen molar-refractivity contribution in [2.24, 2.45) is 11.8 Å². The summed E-state index contributed by atoms with van der Waals surface area (Å²) in [6.07, 6.45) is -0.871. The largest absolute Gasteiger partial charge is 0.460 e. The van der Waals surface area contributed by atoms with Crippen LogP contribution in [-0.4, -0.2) is 34.5 Å². The highest BCUT2D eigenvalue weighted by atomic mass is 16.6. The second-order valence-corrected chi connectivity index (χ2v) is 4.97. The molecular weight excluding hydrogens is 196 g/mol. The number of hydrogen-bond donors (Lipinski definition) is 2. The molecule has 0 aliphatic heterocycles. The summed E-state index contributed by atoms with van der Waals surface area (Å²) in [5.74, 6) is -1.38. The first-order valence-electron chi connectivity index (χ1n) is 5.21. The highest BCUT2D eigenvalue weighted by molar-refractivity contribution is 5.73. The van der Waals surface area contributed by atoms with E-state index in [2.05, 4.69) is 0 Å². The van der Waals surface area contributed by atoms with Crippen LogP contribution in [0.4, 0.5) is 0 Å². The standard InChI is InChI=1S/C11H22O4/c1-7(6-12)9(13)8(2)10(14)15-11(3,4)5/h7-9,12-13H,6H2,1-5H3/t7-,8-,9-/m1/s1. The lowest BCUT2D eigenvalue weighted by Crippen LogP contribution is -2.37. The number of hydrogen-bond acceptors (Lipinski definition) is 4. The summed E-state index contributed by atoms with van der Waals surface area (Å²) in [6.45, 7) is 8.48. The van der Waals surface area contributed by atoms with Gasteiger partial charge in [-0.1, -0.05) is 6.92 Å². The highest BCUT2D eigenvalue weighted by Crippen LogP contribution is 2.17. The fourth-order valence-electron chi connectivity index (χ4n) is 1.13. The van der Waals surface area contributed by atoms with Gasteiger partial charge in [-0.25, -0.2) is 0 Å². The first kappa shape index (κ1) is 14.4. The van der Waals surface area contributed by atoms with Gasteiger partial charge >= 0.3 is 5.97 Å². The number of aliphatic hydroxyl groups is 2. The molecule has 90 valence electrons. The first-order valence-corrected chi connectivity index (χ1v) is 5.21. The fraction of sp³-hybridized carbons (Fsp3) is 0.909. The van der Waals surface area contributed by atoms with E-state index in [0.29, 0.717) is 0 Å². The summed E-state index contributed by atoms with van der Waals surface area (Å²) < 4.78 is 5.13. The number of carbonyl (C=O) groups is 1. The maximum absolute atomic E-state index is 11.6. The van der Waals surface area contributed by atoms with E-state index in [0.717, 1.165) is 0 Å². The maximum Gasteiger partial charge on any atom is 0.311 e. The van der Waals surface area contributed by atoms with E-state index in [-0.39, 0.29) is 12.5 Å². The van der Waals surface area contributed by atoms with Crippen LogP contribution in [0, 0.1) is 11.8 Å². The zero-order valence-electron chi connectivity index (χ0n) is 10.2. The van der Waals surface area contributed by atoms with Crippen LogP contribution in [0.25, 0.3) is 0 Å². The van der Waals surface area contributed by atoms with Gasteiger partial charge in [0.2, 0.25) is 0 Å². The quantitative estimate of drug-likeness (QED) is 0.690. The van der Waals surface area contributed by atoms with Crippen molar-refractivity contribution in [3.05, 3.63) is 0 Å². The van der Waals surface area contributed by atoms with Crippen molar-refractivity contribution in [1.29, 1.82) is 0 Å². The molecule has 0 saturated heterocycles. The van der Waals surface area contributed by atoms with Gasteiger partial charge in [-0.3, -0.25) is 4.79 Å². The minimum Gasteiger partial charge on any atom is -0.460 e. The van der Waals surface area contributed by atoms with Crippen LogP contribution >= 0.6 is 0 Å². The van der Waals surface area contributed by atoms with Gasteiger partial charge in [-0.05, 0) is 27.7 Å². The van der Waals surface area contributed by atoms with Crippen molar-refractivity contribution < 1.29 is 19.7 Å². The summed E-state index contributed by atoms with van der Waals surface area (Å²) in [5.41, 5.74) is -0.548. The Kier molecular flexibility index (Phi) is 5.24. The Morgan fingerprint density at radius 1 is 1.33 bits per heavy atom. The van der Waals surface area contributed by atoms with E-state index in [4.69, 9.17) is 9.84 Å². The molecule has 2 N–H and O–H groups in total. The van der Waals surface area contributed by atoms with Crippen molar-refractivity contribution in [2.75, 3.05) is 6.61 Å². The number of rotatable bonds is 4. The molecule has 0 saturated carbocycles. The number of esters is 1. The zero-order valence-corrected chi connectivity index (χ0v) is 10.2. The molecule has 0 aliphatic carbocycles. The first-order chi connectivity index (χ1) is 6.69. The molecule has 4 heteroatoms. The molecule has 0 spiro atoms. The van der Waals surface area contributed by atoms with Crippen molar-refractivity contribution >= 4 is 5.97 Å². The second-order valence-electron chi connectivity index (χ2n) is 4.97. The smallest absolute Gasteiger partial charge is 0.311 e. The van der Waals surface area contributed by atoms with Crippen LogP contribution in [0.2, 0.25) is 0 Å². The normalized spacial score (nSPS) is 18.1. The fourth-order valence-corrected chi connectivity index (χ4v) is 1.13. The third-order valence-corrected chi connectivity index (χ3v) is 2.16. The van der Waals surface area contributed by atoms with Gasteiger partial charge in [0.25, 0.3) is 0 Å². The van der Waals surface area contributed by atoms with E-state index in [9.17, 15) is 9.90 Å². The average Bonchev–Trinajstić information content (AvgIpc) is 2.11. The van der Waals surface area contributed by atoms with Crippen LogP contribution in [0.5, 0.6) is 0 Å². The second kappa shape index (κ2) is 5.47. The molecule has 0 unspecified atom stereocenters. The monoisotopic (exact) mass is 218 g/mol. The van der Waals surface area contributed by atoms with E-state index in [1.54, 1.807) is 34.6 Å². The lowest BCUT2D eigenvalue weighted by atomic mass is 9.94. The average molecular weight is 218 g/mol. The summed E-state index contributed by atoms with van der Waals surface area (Å²) in [7, 11) is 0. The molecule has 0 aromatic carbocycles. The Labute approximate surface area is 91.3 Å². The number of carbonyl (C=O) groups excluding carboxylic acids is 1. The van der Waals surface area contributed by atoms with E-state index in [1.807, 2.05) is 0 Å². The topological polar surface area (TPSA) is 66.8 Å². The molecule has 15 heavy (non-hydrogen) atoms. The summed E-state index contributed by atoms with van der Waals surface area (Å²) >= 11 is 0. The van der Waals surface area contributed by atoms with Gasteiger partial charge in [0.1, 0.15) is 5.60 Å². The Morgan fingerprint density at radius 3 is 2.13 bits per heavy atom. The molecule has 0 fully saturated rings. The van der Waals surface area contributed by atoms with Crippen LogP contribution in [0.3, 0.4) is 0 Å². The lowest BCUT2D eigenvalue weighted by Gasteiger charge is -2.26. The molecule has 0 radical (unpaired) electrons. The molecule has 4 nitrogen and oxygen atoms in total. The lowest BCUT2D eigenvalue weighted by molar-refractivity contribution is -0.164. The predicted octanol–water partition coefficient (Wildman–Crippen LogP) is 0.953. The van der Waals surface area contributed by atoms with Crippen molar-refractivity contribution in [3.63, 3.8) is 0 Å². The Balaban J connectivity index is 4.32. The van der Waals surface area contributed by atoms with Crippen molar-refractivity contribution in [1.82, 2.24) is 0 Å². The highest BCUT2D eigenvalue weighted by Gasteiger charge is 2.30. The zero-order chi connectivity index (χ0) is 12.2. The minimum atomic E-state index is -0.871. The molecule has 0 aromatic rings. The third-order valence-electron chi connectivity index (χ3n) is 2.16. The van der Waals surface area contributed by atoms with Gasteiger partial charge in [0.15, 0.2) is 0 Å². The van der Waals surface area contributed by atoms with Crippen molar-refractivity contribution in [2.45, 2.75) is 46.3 Å². The molecule has 0 heterocycles. The SMILES string of the molecule is C[C@H](CO)[C@@H](O)[C@@H](C)C(=O)OC(C)(C)C. The Bertz CT molecular complexity index is 207. The van der Waals surface area contributed by atoms with E-state index in [1.165, 1.54) is 0 Å². The van der Waals surface area contributed by atoms with Crippen LogP contribution in [-0.2, 0) is 9.53 Å². The van der Waals surface area contributed by atoms with Crippen LogP contribution in [0.15, 0.2) is 0 Å². The van der Waals surface area contributed by atoms with Crippen molar-refractivity contribution in [3.8, 4) is 0 Å². The van der Waals surface area contributed by atoms with Gasteiger partial charge in [-0.15, -0.1) is 0 Å². The van der Waals surface area contributed by atoms with E-state index < -0.39 is 23.6 Å². The molecule has 0 aliphatic rings. The third kappa shape index (κ3) is 5.14. The van der Waals surface area contributed by atoms with E-state index >= 15 is 0 Å². The molecular formula is C11H22O4. The molecule has 0 bridgehead atoms. The molecule has 3 atom stereocenters. The van der Waals surface area contributed by atoms with Gasteiger partial charge in [0, 0.05) is 12.5 Å². The maximum atomic E-state index is 11.6. The minimum absolute atomic E-state index is 0.145. The summed E-state index contributed by atoms with van der Waals surface area (Å²) in [6, 6.07) is 0.